The van der Waals surface area contributed by atoms with Crippen LogP contribution in [0.25, 0.3) is 0 Å². The Kier molecular flexibility index (Phi) is 6.30. The average molecular weight is 365 g/mol. The fraction of sp³-hybridized carbons (Fsp3) is 0.933. The zero-order valence-electron chi connectivity index (χ0n) is 13.9. The first-order valence-electron chi connectivity index (χ1n) is 8.06. The highest BCUT2D eigenvalue weighted by atomic mass is 32.2. The van der Waals surface area contributed by atoms with Crippen LogP contribution >= 0.6 is 23.5 Å². The number of thioether (sulfide) groups is 2. The molecule has 0 aromatic heterocycles. The van der Waals surface area contributed by atoms with E-state index in [1.165, 1.54) is 0 Å². The van der Waals surface area contributed by atoms with Crippen LogP contribution in [0.4, 0.5) is 0 Å². The molecule has 2 N–H and O–H groups in total. The molecule has 7 heteroatoms. The third-order valence-electron chi connectivity index (χ3n) is 3.79. The summed E-state index contributed by atoms with van der Waals surface area (Å²) in [6.07, 6.45) is 4.02. The maximum atomic E-state index is 12.9. The van der Waals surface area contributed by atoms with Gasteiger partial charge < -0.3 is 5.32 Å². The Labute approximate surface area is 145 Å². The average Bonchev–Trinajstić information content (AvgIpc) is 3.10. The highest BCUT2D eigenvalue weighted by Gasteiger charge is 2.51. The summed E-state index contributed by atoms with van der Waals surface area (Å²) >= 11 is 3.44. The molecule has 0 aromatic carbocycles. The highest BCUT2D eigenvalue weighted by Crippen LogP contribution is 2.48. The van der Waals surface area contributed by atoms with Gasteiger partial charge in [0.25, 0.3) is 0 Å². The van der Waals surface area contributed by atoms with E-state index in [-0.39, 0.29) is 16.7 Å². The number of nitrogens with one attached hydrogen (secondary N) is 2. The molecule has 4 nitrogen and oxygen atoms in total. The zero-order chi connectivity index (χ0) is 16.4. The van der Waals surface area contributed by atoms with Crippen molar-refractivity contribution in [3.8, 4) is 0 Å². The first-order chi connectivity index (χ1) is 10.3. The minimum atomic E-state index is -1.16. The van der Waals surface area contributed by atoms with E-state index in [4.69, 9.17) is 0 Å². The van der Waals surface area contributed by atoms with Crippen molar-refractivity contribution in [2.24, 2.45) is 0 Å². The van der Waals surface area contributed by atoms with Crippen molar-refractivity contribution in [1.82, 2.24) is 10.0 Å². The molecule has 0 aromatic rings. The summed E-state index contributed by atoms with van der Waals surface area (Å²) in [7, 11) is -1.16. The van der Waals surface area contributed by atoms with Crippen molar-refractivity contribution in [2.45, 2.75) is 74.3 Å². The third kappa shape index (κ3) is 4.42. The molecule has 2 unspecified atom stereocenters. The van der Waals surface area contributed by atoms with Crippen molar-refractivity contribution < 1.29 is 9.00 Å². The molecular formula is C15H28N2O2S3. The standard InChI is InChI=1S/C15H28N2O2S3/c1-5-6-12(17-22(19)14(2,3)4)15(20-9-10-21-15)13(18)16-11-7-8-11/h11-12,17H,5-10H2,1-4H3,(H,16,18). The maximum absolute atomic E-state index is 12.9. The Balaban J connectivity index is 2.17. The quantitative estimate of drug-likeness (QED) is 0.729. The number of carbonyl (C=O) groups excluding carboxylic acids is 1. The van der Waals surface area contributed by atoms with Crippen LogP contribution in [0.5, 0.6) is 0 Å². The monoisotopic (exact) mass is 364 g/mol. The van der Waals surface area contributed by atoms with Gasteiger partial charge >= 0.3 is 0 Å². The maximum Gasteiger partial charge on any atom is 0.248 e. The predicted octanol–water partition coefficient (Wildman–Crippen LogP) is 2.66. The van der Waals surface area contributed by atoms with E-state index in [9.17, 15) is 9.00 Å². The van der Waals surface area contributed by atoms with Crippen LogP contribution in [0, 0.1) is 0 Å². The van der Waals surface area contributed by atoms with E-state index in [0.717, 1.165) is 37.2 Å². The molecule has 1 aliphatic heterocycles. The molecule has 2 aliphatic rings. The van der Waals surface area contributed by atoms with E-state index in [0.29, 0.717) is 6.04 Å². The van der Waals surface area contributed by atoms with Gasteiger partial charge in [-0.2, -0.15) is 0 Å². The third-order valence-corrected chi connectivity index (χ3v) is 8.98. The lowest BCUT2D eigenvalue weighted by Gasteiger charge is -2.36. The molecule has 0 radical (unpaired) electrons. The summed E-state index contributed by atoms with van der Waals surface area (Å²) in [5.41, 5.74) is 0. The molecule has 1 aliphatic carbocycles. The molecule has 1 saturated carbocycles. The van der Waals surface area contributed by atoms with Crippen molar-refractivity contribution in [3.05, 3.63) is 0 Å². The Morgan fingerprint density at radius 2 is 1.91 bits per heavy atom. The van der Waals surface area contributed by atoms with Crippen LogP contribution in [0.3, 0.4) is 0 Å². The van der Waals surface area contributed by atoms with Gasteiger partial charge in [-0.25, -0.2) is 8.93 Å². The zero-order valence-corrected chi connectivity index (χ0v) is 16.4. The second-order valence-electron chi connectivity index (χ2n) is 6.95. The molecule has 2 fully saturated rings. The van der Waals surface area contributed by atoms with Crippen LogP contribution in [-0.4, -0.2) is 42.5 Å². The normalized spacial score (nSPS) is 24.0. The molecule has 0 spiro atoms. The summed E-state index contributed by atoms with van der Waals surface area (Å²) < 4.78 is 15.0. The Morgan fingerprint density at radius 1 is 1.32 bits per heavy atom. The molecular weight excluding hydrogens is 336 g/mol. The van der Waals surface area contributed by atoms with E-state index >= 15 is 0 Å². The number of hydrogen-bond acceptors (Lipinski definition) is 4. The van der Waals surface area contributed by atoms with Gasteiger partial charge in [0.15, 0.2) is 4.08 Å². The van der Waals surface area contributed by atoms with Crippen LogP contribution < -0.4 is 10.0 Å². The second-order valence-corrected chi connectivity index (χ2v) is 11.9. The molecule has 0 bridgehead atoms. The summed E-state index contributed by atoms with van der Waals surface area (Å²) in [6, 6.07) is 0.301. The second kappa shape index (κ2) is 7.45. The number of rotatable bonds is 7. The SMILES string of the molecule is CCCC(NS(=O)C(C)(C)C)C1(C(=O)NC2CC2)SCCS1. The van der Waals surface area contributed by atoms with E-state index in [2.05, 4.69) is 17.0 Å². The lowest BCUT2D eigenvalue weighted by Crippen LogP contribution is -2.56. The van der Waals surface area contributed by atoms with E-state index in [1.807, 2.05) is 20.8 Å². The molecule has 128 valence electrons. The first kappa shape index (κ1) is 18.6. The molecule has 1 amide bonds. The van der Waals surface area contributed by atoms with Crippen LogP contribution in [-0.2, 0) is 15.8 Å². The van der Waals surface area contributed by atoms with Crippen LogP contribution in [0.2, 0.25) is 0 Å². The van der Waals surface area contributed by atoms with Crippen molar-refractivity contribution in [1.29, 1.82) is 0 Å². The van der Waals surface area contributed by atoms with Gasteiger partial charge in [0.1, 0.15) is 0 Å². The van der Waals surface area contributed by atoms with Gasteiger partial charge in [-0.1, -0.05) is 13.3 Å². The van der Waals surface area contributed by atoms with Gasteiger partial charge in [0.2, 0.25) is 5.91 Å². The Hall–Kier alpha value is 0.280. The fourth-order valence-electron chi connectivity index (χ4n) is 2.35. The number of amides is 1. The van der Waals surface area contributed by atoms with E-state index < -0.39 is 15.1 Å². The summed E-state index contributed by atoms with van der Waals surface area (Å²) in [4.78, 5) is 12.9. The molecule has 2 atom stereocenters. The lowest BCUT2D eigenvalue weighted by molar-refractivity contribution is -0.121. The minimum Gasteiger partial charge on any atom is -0.351 e. The summed E-state index contributed by atoms with van der Waals surface area (Å²) in [6.45, 7) is 8.01. The van der Waals surface area contributed by atoms with Crippen molar-refractivity contribution in [2.75, 3.05) is 11.5 Å². The molecule has 2 rings (SSSR count). The van der Waals surface area contributed by atoms with Crippen LogP contribution in [0.1, 0.15) is 53.4 Å². The Morgan fingerprint density at radius 3 is 2.36 bits per heavy atom. The van der Waals surface area contributed by atoms with E-state index in [1.54, 1.807) is 23.5 Å². The topological polar surface area (TPSA) is 58.2 Å². The minimum absolute atomic E-state index is 0.0613. The van der Waals surface area contributed by atoms with Gasteiger partial charge in [-0.15, -0.1) is 23.5 Å². The molecule has 22 heavy (non-hydrogen) atoms. The number of hydrogen-bond donors (Lipinski definition) is 2. The van der Waals surface area contributed by atoms with Crippen LogP contribution in [0.15, 0.2) is 0 Å². The summed E-state index contributed by atoms with van der Waals surface area (Å²) in [5, 5.41) is 3.17. The molecule has 1 saturated heterocycles. The fourth-order valence-corrected chi connectivity index (χ4v) is 6.65. The summed E-state index contributed by atoms with van der Waals surface area (Å²) in [5.74, 6) is 2.08. The molecule has 1 heterocycles. The first-order valence-corrected chi connectivity index (χ1v) is 11.2. The van der Waals surface area contributed by atoms with Gasteiger partial charge in [0.05, 0.1) is 21.8 Å². The van der Waals surface area contributed by atoms with Gasteiger partial charge in [-0.05, 0) is 40.0 Å². The largest absolute Gasteiger partial charge is 0.351 e. The van der Waals surface area contributed by atoms with Gasteiger partial charge in [0, 0.05) is 17.5 Å². The highest BCUT2D eigenvalue weighted by molar-refractivity contribution is 8.22. The predicted molar refractivity (Wildman–Crippen MR) is 98.5 cm³/mol. The van der Waals surface area contributed by atoms with Crippen molar-refractivity contribution >= 4 is 40.4 Å². The van der Waals surface area contributed by atoms with Gasteiger partial charge in [-0.3, -0.25) is 4.79 Å². The number of carbonyl (C=O) groups is 1. The van der Waals surface area contributed by atoms with Crippen molar-refractivity contribution in [3.63, 3.8) is 0 Å². The Bertz CT molecular complexity index is 427. The lowest BCUT2D eigenvalue weighted by atomic mass is 10.1. The smallest absolute Gasteiger partial charge is 0.248 e.